The monoisotopic (exact) mass is 230 g/mol. The van der Waals surface area contributed by atoms with E-state index in [9.17, 15) is 0 Å². The normalized spacial score (nSPS) is 12.0. The van der Waals surface area contributed by atoms with Crippen LogP contribution in [-0.4, -0.2) is 19.9 Å². The summed E-state index contributed by atoms with van der Waals surface area (Å²) in [5, 5.41) is 0. The van der Waals surface area contributed by atoms with Gasteiger partial charge in [-0.3, -0.25) is 0 Å². The van der Waals surface area contributed by atoms with Crippen molar-refractivity contribution in [2.75, 3.05) is 0 Å². The average molecular weight is 230 g/mol. The lowest BCUT2D eigenvalue weighted by Crippen LogP contribution is -2.15. The number of hydrogen-bond acceptors (Lipinski definition) is 4. The van der Waals surface area contributed by atoms with Crippen LogP contribution in [0.1, 0.15) is 45.6 Å². The molecule has 0 bridgehead atoms. The Kier molecular flexibility index (Phi) is 3.05. The number of hydrogen-bond donors (Lipinski definition) is 0. The number of aromatic nitrogens is 4. The summed E-state index contributed by atoms with van der Waals surface area (Å²) in [4.78, 5) is 17.5. The van der Waals surface area contributed by atoms with Crippen LogP contribution in [0.4, 0.5) is 0 Å². The van der Waals surface area contributed by atoms with Gasteiger partial charge in [0.1, 0.15) is 23.2 Å². The summed E-state index contributed by atoms with van der Waals surface area (Å²) in [7, 11) is 0. The van der Waals surface area contributed by atoms with E-state index in [0.29, 0.717) is 0 Å². The summed E-state index contributed by atoms with van der Waals surface area (Å²) in [6.07, 6.45) is 5.33. The van der Waals surface area contributed by atoms with Crippen LogP contribution in [0.2, 0.25) is 0 Å². The van der Waals surface area contributed by atoms with Crippen molar-refractivity contribution >= 4 is 11.0 Å². The molecule has 17 heavy (non-hydrogen) atoms. The summed E-state index contributed by atoms with van der Waals surface area (Å²) in [6.45, 7) is 8.53. The molecule has 0 N–H and O–H groups in total. The van der Waals surface area contributed by atoms with Gasteiger partial charge in [-0.1, -0.05) is 27.7 Å². The van der Waals surface area contributed by atoms with Crippen LogP contribution in [0.15, 0.2) is 12.5 Å². The Balaban J connectivity index is 2.64. The first-order valence-corrected chi connectivity index (χ1v) is 5.99. The molecular formula is C13H18N4. The lowest BCUT2D eigenvalue weighted by molar-refractivity contribution is 0.572. The maximum atomic E-state index is 4.60. The van der Waals surface area contributed by atoms with E-state index in [-0.39, 0.29) is 5.41 Å². The topological polar surface area (TPSA) is 51.6 Å². The standard InChI is InChI=1S/C13H18N4/c1-5-6-10-14-7-9-11(17-10)12(13(2,3)4)16-8-15-9/h7-8H,5-6H2,1-4H3. The third kappa shape index (κ3) is 2.40. The van der Waals surface area contributed by atoms with Crippen LogP contribution in [-0.2, 0) is 11.8 Å². The SMILES string of the molecule is CCCc1ncc2ncnc(C(C)(C)C)c2n1. The summed E-state index contributed by atoms with van der Waals surface area (Å²) < 4.78 is 0. The van der Waals surface area contributed by atoms with Crippen molar-refractivity contribution in [3.05, 3.63) is 24.0 Å². The maximum Gasteiger partial charge on any atom is 0.129 e. The number of rotatable bonds is 2. The first-order chi connectivity index (χ1) is 8.02. The molecule has 4 nitrogen and oxygen atoms in total. The van der Waals surface area contributed by atoms with Gasteiger partial charge in [-0.25, -0.2) is 19.9 Å². The predicted octanol–water partition coefficient (Wildman–Crippen LogP) is 2.67. The molecule has 0 amide bonds. The van der Waals surface area contributed by atoms with E-state index in [0.717, 1.165) is 35.4 Å². The van der Waals surface area contributed by atoms with Crippen molar-refractivity contribution in [3.63, 3.8) is 0 Å². The fourth-order valence-corrected chi connectivity index (χ4v) is 1.78. The second-order valence-electron chi connectivity index (χ2n) is 5.24. The van der Waals surface area contributed by atoms with Crippen molar-refractivity contribution in [1.29, 1.82) is 0 Å². The molecule has 0 atom stereocenters. The summed E-state index contributed by atoms with van der Waals surface area (Å²) in [5.41, 5.74) is 2.67. The molecule has 0 aromatic carbocycles. The Morgan fingerprint density at radius 1 is 1.12 bits per heavy atom. The van der Waals surface area contributed by atoms with Crippen LogP contribution in [0.25, 0.3) is 11.0 Å². The van der Waals surface area contributed by atoms with Gasteiger partial charge < -0.3 is 0 Å². The third-order valence-corrected chi connectivity index (χ3v) is 2.61. The van der Waals surface area contributed by atoms with Gasteiger partial charge in [0.15, 0.2) is 0 Å². The van der Waals surface area contributed by atoms with E-state index < -0.39 is 0 Å². The second kappa shape index (κ2) is 4.35. The van der Waals surface area contributed by atoms with Crippen molar-refractivity contribution in [1.82, 2.24) is 19.9 Å². The Bertz CT molecular complexity index is 528. The smallest absolute Gasteiger partial charge is 0.129 e. The van der Waals surface area contributed by atoms with E-state index >= 15 is 0 Å². The van der Waals surface area contributed by atoms with Crippen LogP contribution in [0.3, 0.4) is 0 Å². The Morgan fingerprint density at radius 2 is 1.88 bits per heavy atom. The average Bonchev–Trinajstić information content (AvgIpc) is 2.27. The van der Waals surface area contributed by atoms with Gasteiger partial charge in [-0.2, -0.15) is 0 Å². The molecule has 0 aliphatic heterocycles. The molecule has 0 spiro atoms. The molecule has 0 unspecified atom stereocenters. The lowest BCUT2D eigenvalue weighted by atomic mass is 9.91. The highest BCUT2D eigenvalue weighted by atomic mass is 14.9. The van der Waals surface area contributed by atoms with Gasteiger partial charge in [-0.15, -0.1) is 0 Å². The number of fused-ring (bicyclic) bond motifs is 1. The number of aryl methyl sites for hydroxylation is 1. The lowest BCUT2D eigenvalue weighted by Gasteiger charge is -2.18. The molecule has 0 fully saturated rings. The zero-order valence-electron chi connectivity index (χ0n) is 10.9. The molecule has 0 saturated heterocycles. The first kappa shape index (κ1) is 11.9. The van der Waals surface area contributed by atoms with E-state index in [1.165, 1.54) is 0 Å². The quantitative estimate of drug-likeness (QED) is 0.796. The fourth-order valence-electron chi connectivity index (χ4n) is 1.78. The highest BCUT2D eigenvalue weighted by Crippen LogP contribution is 2.25. The zero-order chi connectivity index (χ0) is 12.5. The Morgan fingerprint density at radius 3 is 2.53 bits per heavy atom. The zero-order valence-corrected chi connectivity index (χ0v) is 10.9. The molecular weight excluding hydrogens is 212 g/mol. The van der Waals surface area contributed by atoms with E-state index in [1.54, 1.807) is 12.5 Å². The van der Waals surface area contributed by atoms with E-state index in [1.807, 2.05) is 0 Å². The van der Waals surface area contributed by atoms with Crippen LogP contribution < -0.4 is 0 Å². The highest BCUT2D eigenvalue weighted by molar-refractivity contribution is 5.76. The minimum atomic E-state index is -0.0287. The molecule has 2 rings (SSSR count). The molecule has 0 radical (unpaired) electrons. The summed E-state index contributed by atoms with van der Waals surface area (Å²) in [6, 6.07) is 0. The predicted molar refractivity (Wildman–Crippen MR) is 67.8 cm³/mol. The largest absolute Gasteiger partial charge is 0.239 e. The number of nitrogens with zero attached hydrogens (tertiary/aromatic N) is 4. The molecule has 0 aliphatic rings. The molecule has 2 aromatic heterocycles. The Labute approximate surface area is 102 Å². The molecule has 0 aliphatic carbocycles. The second-order valence-corrected chi connectivity index (χ2v) is 5.24. The molecule has 0 saturated carbocycles. The van der Waals surface area contributed by atoms with Crippen LogP contribution in [0.5, 0.6) is 0 Å². The molecule has 2 heterocycles. The van der Waals surface area contributed by atoms with Gasteiger partial charge in [0.05, 0.1) is 11.9 Å². The van der Waals surface area contributed by atoms with Gasteiger partial charge in [0.2, 0.25) is 0 Å². The van der Waals surface area contributed by atoms with Crippen LogP contribution >= 0.6 is 0 Å². The Hall–Kier alpha value is -1.58. The van der Waals surface area contributed by atoms with Gasteiger partial charge in [0, 0.05) is 11.8 Å². The summed E-state index contributed by atoms with van der Waals surface area (Å²) >= 11 is 0. The maximum absolute atomic E-state index is 4.60. The third-order valence-electron chi connectivity index (χ3n) is 2.61. The minimum Gasteiger partial charge on any atom is -0.239 e. The highest BCUT2D eigenvalue weighted by Gasteiger charge is 2.20. The molecule has 2 aromatic rings. The molecule has 90 valence electrons. The van der Waals surface area contributed by atoms with Crippen LogP contribution in [0, 0.1) is 0 Å². The van der Waals surface area contributed by atoms with Crippen molar-refractivity contribution < 1.29 is 0 Å². The van der Waals surface area contributed by atoms with Gasteiger partial charge in [-0.05, 0) is 6.42 Å². The van der Waals surface area contributed by atoms with Crippen molar-refractivity contribution in [3.8, 4) is 0 Å². The van der Waals surface area contributed by atoms with E-state index in [4.69, 9.17) is 0 Å². The van der Waals surface area contributed by atoms with Crippen molar-refractivity contribution in [2.24, 2.45) is 0 Å². The van der Waals surface area contributed by atoms with Gasteiger partial charge >= 0.3 is 0 Å². The fraction of sp³-hybridized carbons (Fsp3) is 0.538. The molecule has 4 heteroatoms. The van der Waals surface area contributed by atoms with Crippen molar-refractivity contribution in [2.45, 2.75) is 46.0 Å². The summed E-state index contributed by atoms with van der Waals surface area (Å²) in [5.74, 6) is 0.875. The van der Waals surface area contributed by atoms with E-state index in [2.05, 4.69) is 47.6 Å². The first-order valence-electron chi connectivity index (χ1n) is 5.99. The van der Waals surface area contributed by atoms with Gasteiger partial charge in [0.25, 0.3) is 0 Å². The minimum absolute atomic E-state index is 0.0287.